The summed E-state index contributed by atoms with van der Waals surface area (Å²) in [6, 6.07) is 81.3. The number of hydroxylamine groups is 1. The number of halogens is 1. The maximum atomic E-state index is 13.1. The van der Waals surface area contributed by atoms with Crippen molar-refractivity contribution in [3.8, 4) is 10.4 Å². The van der Waals surface area contributed by atoms with Crippen molar-refractivity contribution in [2.75, 3.05) is 132 Å². The van der Waals surface area contributed by atoms with Gasteiger partial charge in [0.15, 0.2) is 17.3 Å². The molecular formula is C99H111FN18O8S. The van der Waals surface area contributed by atoms with Crippen LogP contribution in [-0.4, -0.2) is 129 Å². The summed E-state index contributed by atoms with van der Waals surface area (Å²) in [7, 11) is 12.0. The predicted molar refractivity (Wildman–Crippen MR) is 509 cm³/mol. The summed E-state index contributed by atoms with van der Waals surface area (Å²) in [5.74, 6) is -0.651. The number of amides is 1. The van der Waals surface area contributed by atoms with Crippen LogP contribution >= 0.6 is 11.3 Å². The Kier molecular flexibility index (Phi) is 39.6. The van der Waals surface area contributed by atoms with Crippen LogP contribution in [0, 0.1) is 5.82 Å². The van der Waals surface area contributed by atoms with Crippen molar-refractivity contribution < 1.29 is 43.0 Å². The van der Waals surface area contributed by atoms with Crippen molar-refractivity contribution >= 4 is 126 Å². The summed E-state index contributed by atoms with van der Waals surface area (Å²) in [5.41, 5.74) is 48.1. The quantitative estimate of drug-likeness (QED) is 0.00467. The SMILES string of the molecule is CN(C)c1ccc(N=Nc2ccc(C(=O)Cc3ccc(F)cc3N)cc2)cc1.CN(C)c1ccc(N=Nc2ccc(CC(=O)CCCCCCC(=O)NO)cc2)cc1.CN(CCOCCN)c1ccc(N=Nc2ccc(C(=O)Cc3cc(-c4cccs4)ccc3N)cc2)cc1.CN(CCOCCN)c1ccc(N=Nc2ccc(C(=O)Cc3ccccc3N)cc2)cc1. The molecule has 0 atom stereocenters. The van der Waals surface area contributed by atoms with Crippen molar-refractivity contribution in [2.24, 2.45) is 52.4 Å². The monoisotopic (exact) mass is 1730 g/mol. The molecule has 12 rings (SSSR count). The average Bonchev–Trinajstić information content (AvgIpc) is 1.79. The number of Topliss-reactive ketones (excluding diaryl/α,β-unsaturated/α-hetero) is 4. The zero-order chi connectivity index (χ0) is 90.7. The summed E-state index contributed by atoms with van der Waals surface area (Å²) in [5, 5.41) is 44.5. The van der Waals surface area contributed by atoms with E-state index in [-0.39, 0.29) is 54.0 Å². The molecule has 0 saturated heterocycles. The Morgan fingerprint density at radius 1 is 0.378 bits per heavy atom. The molecule has 0 aliphatic heterocycles. The van der Waals surface area contributed by atoms with E-state index < -0.39 is 5.82 Å². The highest BCUT2D eigenvalue weighted by molar-refractivity contribution is 7.13. The topological polar surface area (TPSA) is 378 Å². The van der Waals surface area contributed by atoms with E-state index in [1.54, 1.807) is 95.7 Å². The lowest BCUT2D eigenvalue weighted by molar-refractivity contribution is -0.129. The highest BCUT2D eigenvalue weighted by atomic mass is 32.1. The van der Waals surface area contributed by atoms with Gasteiger partial charge in [0.1, 0.15) is 11.6 Å². The van der Waals surface area contributed by atoms with Crippen molar-refractivity contribution in [1.29, 1.82) is 0 Å². The van der Waals surface area contributed by atoms with Crippen LogP contribution in [0.25, 0.3) is 10.4 Å². The van der Waals surface area contributed by atoms with Crippen LogP contribution in [0.15, 0.2) is 313 Å². The number of nitrogens with two attached hydrogens (primary N) is 5. The van der Waals surface area contributed by atoms with Gasteiger partial charge in [-0.3, -0.25) is 29.2 Å². The number of carbonyl (C=O) groups is 5. The first-order valence-corrected chi connectivity index (χ1v) is 42.5. The third-order valence-electron chi connectivity index (χ3n) is 19.9. The zero-order valence-electron chi connectivity index (χ0n) is 72.6. The number of para-hydroxylation sites is 1. The van der Waals surface area contributed by atoms with E-state index in [9.17, 15) is 28.4 Å². The molecule has 127 heavy (non-hydrogen) atoms. The molecule has 26 nitrogen and oxygen atoms in total. The Balaban J connectivity index is 0.000000192. The number of unbranched alkanes of at least 4 members (excludes halogenated alkanes) is 3. The number of hydrogen-bond donors (Lipinski definition) is 7. The number of carbonyl (C=O) groups excluding carboxylic acids is 5. The number of ketones is 4. The first-order chi connectivity index (χ1) is 61.5. The van der Waals surface area contributed by atoms with Crippen LogP contribution in [0.3, 0.4) is 0 Å². The van der Waals surface area contributed by atoms with Crippen LogP contribution in [0.5, 0.6) is 0 Å². The number of nitrogens with zero attached hydrogens (tertiary/aromatic N) is 12. The molecule has 0 aliphatic rings. The Morgan fingerprint density at radius 3 is 1.13 bits per heavy atom. The van der Waals surface area contributed by atoms with Crippen LogP contribution in [-0.2, 0) is 44.7 Å². The molecule has 0 radical (unpaired) electrons. The van der Waals surface area contributed by atoms with Gasteiger partial charge < -0.3 is 57.7 Å². The van der Waals surface area contributed by atoms with Crippen LogP contribution < -0.4 is 53.7 Å². The first-order valence-electron chi connectivity index (χ1n) is 41.6. The van der Waals surface area contributed by atoms with Gasteiger partial charge in [-0.2, -0.15) is 40.9 Å². The molecule has 0 fully saturated rings. The molecule has 0 bridgehead atoms. The third-order valence-corrected chi connectivity index (χ3v) is 20.8. The fraction of sp³-hybridized carbons (Fsp3) is 0.242. The third kappa shape index (κ3) is 33.5. The molecule has 0 unspecified atom stereocenters. The summed E-state index contributed by atoms with van der Waals surface area (Å²) in [6.07, 6.45) is 5.21. The van der Waals surface area contributed by atoms with Crippen molar-refractivity contribution in [3.63, 3.8) is 0 Å². The Hall–Kier alpha value is -14.0. The zero-order valence-corrected chi connectivity index (χ0v) is 73.4. The number of likely N-dealkylation sites (N-methyl/N-ethyl adjacent to an activating group) is 2. The molecule has 0 aliphatic carbocycles. The fourth-order valence-corrected chi connectivity index (χ4v) is 13.2. The minimum absolute atomic E-state index is 0.00616. The smallest absolute Gasteiger partial charge is 0.243 e. The summed E-state index contributed by atoms with van der Waals surface area (Å²) >= 11 is 1.66. The number of rotatable bonds is 41. The van der Waals surface area contributed by atoms with E-state index in [1.807, 2.05) is 221 Å². The van der Waals surface area contributed by atoms with E-state index in [1.165, 1.54) is 18.2 Å². The maximum Gasteiger partial charge on any atom is 0.243 e. The van der Waals surface area contributed by atoms with Gasteiger partial charge in [0.05, 0.1) is 71.9 Å². The number of nitrogens with one attached hydrogen (secondary N) is 1. The van der Waals surface area contributed by atoms with Crippen LogP contribution in [0.2, 0.25) is 0 Å². The highest BCUT2D eigenvalue weighted by Gasteiger charge is 2.16. The van der Waals surface area contributed by atoms with Crippen LogP contribution in [0.1, 0.15) is 91.9 Å². The lowest BCUT2D eigenvalue weighted by Gasteiger charge is -2.19. The second kappa shape index (κ2) is 51.9. The molecule has 0 spiro atoms. The molecule has 28 heteroatoms. The van der Waals surface area contributed by atoms with E-state index in [4.69, 9.17) is 43.3 Å². The van der Waals surface area contributed by atoms with Gasteiger partial charge in [-0.25, -0.2) is 9.87 Å². The fourth-order valence-electron chi connectivity index (χ4n) is 12.4. The molecule has 1 amide bonds. The molecular weight excluding hydrogens is 1620 g/mol. The molecule has 658 valence electrons. The maximum absolute atomic E-state index is 13.1. The molecule has 1 heterocycles. The minimum Gasteiger partial charge on any atom is -0.398 e. The van der Waals surface area contributed by atoms with Gasteiger partial charge in [-0.05, 0) is 264 Å². The van der Waals surface area contributed by atoms with Crippen molar-refractivity contribution in [2.45, 2.75) is 64.2 Å². The van der Waals surface area contributed by atoms with Gasteiger partial charge >= 0.3 is 0 Å². The van der Waals surface area contributed by atoms with Gasteiger partial charge in [-0.15, -0.1) is 11.3 Å². The van der Waals surface area contributed by atoms with E-state index in [0.717, 1.165) is 117 Å². The highest BCUT2D eigenvalue weighted by Crippen LogP contribution is 2.32. The lowest BCUT2D eigenvalue weighted by atomic mass is 9.99. The van der Waals surface area contributed by atoms with Gasteiger partial charge in [-0.1, -0.05) is 61.4 Å². The number of benzene rings is 11. The number of hydrogen-bond acceptors (Lipinski definition) is 26. The molecule has 11 aromatic carbocycles. The second-order valence-electron chi connectivity index (χ2n) is 30.0. The molecule has 0 saturated carbocycles. The van der Waals surface area contributed by atoms with Gasteiger partial charge in [0.25, 0.3) is 0 Å². The number of ether oxygens (including phenoxy) is 2. The average molecular weight is 1730 g/mol. The molecule has 1 aromatic heterocycles. The minimum atomic E-state index is -0.417. The normalized spacial score (nSPS) is 11.0. The van der Waals surface area contributed by atoms with Crippen molar-refractivity contribution in [3.05, 3.63) is 317 Å². The summed E-state index contributed by atoms with van der Waals surface area (Å²) < 4.78 is 24.0. The lowest BCUT2D eigenvalue weighted by Crippen LogP contribution is -2.23. The Labute approximate surface area is 745 Å². The number of anilines is 7. The van der Waals surface area contributed by atoms with E-state index >= 15 is 0 Å². The first kappa shape index (κ1) is 96.8. The van der Waals surface area contributed by atoms with Gasteiger partial charge in [0, 0.05) is 168 Å². The largest absolute Gasteiger partial charge is 0.398 e. The number of thiophene rings is 1. The molecule has 12 aromatic rings. The van der Waals surface area contributed by atoms with Crippen molar-refractivity contribution in [1.82, 2.24) is 5.48 Å². The Morgan fingerprint density at radius 2 is 0.748 bits per heavy atom. The van der Waals surface area contributed by atoms with Crippen LogP contribution in [0.4, 0.5) is 89.7 Å². The number of azo groups is 4. The standard InChI is InChI=1S/C29H31N5O2S.C25H29N5O2.C23H30N4O3.C22H21FN4O/c1-34(15-17-36-16-14-30)26-11-9-25(10-12-26)33-32-24-7-4-21(5-8-24)28(35)20-23-19-22(6-13-27(23)31)29-3-2-18-37-29;1-30(15-17-32-16-14-26)23-12-10-22(11-13-23)29-28-21-8-6-19(7-9-21)25(31)18-20-4-2-3-5-24(20)27;1-27(2)21-15-13-20(14-16-21)25-24-19-11-9-18(10-12-19)17-22(28)7-5-3-4-6-8-23(29)26-30;1-27(2)20-11-9-19(10-12-20)26-25-18-7-4-15(5-8-18)22(28)13-16-3-6-17(23)14-21(16)24/h2-13,18-19H,14-17,20,30-31H2,1H3;2-13H,14-18,26-27H2,1H3;9-16,30H,3-8,17H2,1-2H3,(H,26,29);3-12,14H,13,24H2,1-2H3. The molecule has 12 N–H and O–H groups in total. The number of nitrogen functional groups attached to an aromatic ring is 3. The van der Waals surface area contributed by atoms with E-state index in [2.05, 4.69) is 56.8 Å². The summed E-state index contributed by atoms with van der Waals surface area (Å²) in [6.45, 7) is 5.02. The van der Waals surface area contributed by atoms with Gasteiger partial charge in [0.2, 0.25) is 5.91 Å². The second-order valence-corrected chi connectivity index (χ2v) is 31.0. The predicted octanol–water partition coefficient (Wildman–Crippen LogP) is 21.2. The Bertz CT molecular complexity index is 5550. The van der Waals surface area contributed by atoms with E-state index in [0.29, 0.717) is 109 Å². The summed E-state index contributed by atoms with van der Waals surface area (Å²) in [4.78, 5) is 70.3.